The molecule has 0 aromatic heterocycles. The Morgan fingerprint density at radius 2 is 1.83 bits per heavy atom. The van der Waals surface area contributed by atoms with E-state index in [1.807, 2.05) is 30.3 Å². The van der Waals surface area contributed by atoms with Crippen LogP contribution < -0.4 is 15.4 Å². The molecular weight excluding hydrogens is 300 g/mol. The quantitative estimate of drug-likeness (QED) is 0.520. The molecule has 2 N–H and O–H groups in total. The number of ether oxygens (including phenoxy) is 1. The van der Waals surface area contributed by atoms with E-state index >= 15 is 0 Å². The van der Waals surface area contributed by atoms with Gasteiger partial charge < -0.3 is 15.4 Å². The highest BCUT2D eigenvalue weighted by Crippen LogP contribution is 2.16. The maximum absolute atomic E-state index is 11.7. The summed E-state index contributed by atoms with van der Waals surface area (Å²) in [5.41, 5.74) is 2.08. The molecule has 0 aliphatic rings. The fraction of sp³-hybridized carbons (Fsp3) is 0.250. The Morgan fingerprint density at radius 3 is 2.54 bits per heavy atom. The number of amides is 1. The van der Waals surface area contributed by atoms with Gasteiger partial charge >= 0.3 is 0 Å². The van der Waals surface area contributed by atoms with Crippen LogP contribution in [0.1, 0.15) is 12.0 Å². The predicted molar refractivity (Wildman–Crippen MR) is 98.4 cm³/mol. The summed E-state index contributed by atoms with van der Waals surface area (Å²) in [6, 6.07) is 17.8. The average Bonchev–Trinajstić information content (AvgIpc) is 2.61. The van der Waals surface area contributed by atoms with Crippen molar-refractivity contribution >= 4 is 11.6 Å². The molecule has 0 spiro atoms. The number of nitrogens with one attached hydrogen (secondary N) is 2. The molecule has 0 unspecified atom stereocenters. The summed E-state index contributed by atoms with van der Waals surface area (Å²) >= 11 is 0. The molecular formula is C20H24N2O2. The Balaban J connectivity index is 1.68. The largest absolute Gasteiger partial charge is 0.494 e. The van der Waals surface area contributed by atoms with Gasteiger partial charge in [0.25, 0.3) is 0 Å². The lowest BCUT2D eigenvalue weighted by atomic mass is 10.1. The topological polar surface area (TPSA) is 50.4 Å². The van der Waals surface area contributed by atoms with Gasteiger partial charge in [-0.25, -0.2) is 0 Å². The molecule has 0 aliphatic heterocycles. The molecule has 1 amide bonds. The van der Waals surface area contributed by atoms with Gasteiger partial charge in [0.2, 0.25) is 5.91 Å². The van der Waals surface area contributed by atoms with Gasteiger partial charge in [-0.2, -0.15) is 0 Å². The van der Waals surface area contributed by atoms with Crippen LogP contribution in [-0.2, 0) is 11.2 Å². The van der Waals surface area contributed by atoms with Gasteiger partial charge in [0, 0.05) is 12.2 Å². The van der Waals surface area contributed by atoms with E-state index in [9.17, 15) is 4.79 Å². The third-order valence-electron chi connectivity index (χ3n) is 3.43. The summed E-state index contributed by atoms with van der Waals surface area (Å²) in [7, 11) is 0. The van der Waals surface area contributed by atoms with Crippen molar-refractivity contribution in [2.75, 3.05) is 25.0 Å². The molecule has 0 saturated heterocycles. The molecule has 126 valence electrons. The smallest absolute Gasteiger partial charge is 0.238 e. The van der Waals surface area contributed by atoms with Gasteiger partial charge in [-0.05, 0) is 42.7 Å². The molecule has 0 aliphatic carbocycles. The Labute approximate surface area is 143 Å². The van der Waals surface area contributed by atoms with Crippen LogP contribution in [-0.4, -0.2) is 25.6 Å². The van der Waals surface area contributed by atoms with E-state index in [0.29, 0.717) is 13.2 Å². The second-order valence-electron chi connectivity index (χ2n) is 5.43. The summed E-state index contributed by atoms with van der Waals surface area (Å²) in [5, 5.41) is 5.78. The Morgan fingerprint density at radius 1 is 1.08 bits per heavy atom. The summed E-state index contributed by atoms with van der Waals surface area (Å²) in [6.07, 6.45) is 3.70. The minimum atomic E-state index is -0.0756. The molecule has 2 aromatic carbocycles. The molecule has 4 nitrogen and oxygen atoms in total. The molecule has 0 bridgehead atoms. The third kappa shape index (κ3) is 6.67. The lowest BCUT2D eigenvalue weighted by Gasteiger charge is -2.09. The van der Waals surface area contributed by atoms with Crippen molar-refractivity contribution in [1.82, 2.24) is 5.32 Å². The van der Waals surface area contributed by atoms with Crippen LogP contribution in [0.2, 0.25) is 0 Å². The van der Waals surface area contributed by atoms with E-state index in [4.69, 9.17) is 4.74 Å². The third-order valence-corrected chi connectivity index (χ3v) is 3.43. The van der Waals surface area contributed by atoms with E-state index < -0.39 is 0 Å². The fourth-order valence-corrected chi connectivity index (χ4v) is 2.24. The van der Waals surface area contributed by atoms with E-state index in [2.05, 4.69) is 41.5 Å². The number of rotatable bonds is 10. The SMILES string of the molecule is C=CCNCC(=O)Nc1ccc(OCCCc2ccccc2)cc1. The highest BCUT2D eigenvalue weighted by molar-refractivity contribution is 5.92. The second kappa shape index (κ2) is 10.2. The number of hydrogen-bond donors (Lipinski definition) is 2. The van der Waals surface area contributed by atoms with Crippen LogP contribution in [0.5, 0.6) is 5.75 Å². The molecule has 0 saturated carbocycles. The minimum Gasteiger partial charge on any atom is -0.494 e. The highest BCUT2D eigenvalue weighted by atomic mass is 16.5. The maximum Gasteiger partial charge on any atom is 0.238 e. The molecule has 2 aromatic rings. The summed E-state index contributed by atoms with van der Waals surface area (Å²) in [5.74, 6) is 0.735. The number of carbonyl (C=O) groups is 1. The Bertz CT molecular complexity index is 624. The van der Waals surface area contributed by atoms with Crippen LogP contribution in [0.15, 0.2) is 67.3 Å². The first-order chi connectivity index (χ1) is 11.8. The Kier molecular flexibility index (Phi) is 7.57. The van der Waals surface area contributed by atoms with Crippen molar-refractivity contribution in [1.29, 1.82) is 0 Å². The summed E-state index contributed by atoms with van der Waals surface area (Å²) < 4.78 is 5.73. The first-order valence-electron chi connectivity index (χ1n) is 8.16. The normalized spacial score (nSPS) is 10.2. The van der Waals surface area contributed by atoms with Crippen molar-refractivity contribution in [3.8, 4) is 5.75 Å². The van der Waals surface area contributed by atoms with Gasteiger partial charge in [0.15, 0.2) is 0 Å². The molecule has 0 fully saturated rings. The van der Waals surface area contributed by atoms with Crippen LogP contribution in [0.3, 0.4) is 0 Å². The highest BCUT2D eigenvalue weighted by Gasteiger charge is 2.02. The zero-order chi connectivity index (χ0) is 17.0. The summed E-state index contributed by atoms with van der Waals surface area (Å²) in [4.78, 5) is 11.7. The zero-order valence-corrected chi connectivity index (χ0v) is 13.8. The van der Waals surface area contributed by atoms with Crippen LogP contribution in [0.4, 0.5) is 5.69 Å². The number of benzene rings is 2. The van der Waals surface area contributed by atoms with Gasteiger partial charge in [-0.15, -0.1) is 6.58 Å². The molecule has 0 radical (unpaired) electrons. The van der Waals surface area contributed by atoms with Crippen molar-refractivity contribution in [3.05, 3.63) is 72.8 Å². The fourth-order valence-electron chi connectivity index (χ4n) is 2.24. The first-order valence-corrected chi connectivity index (χ1v) is 8.16. The van der Waals surface area contributed by atoms with Crippen molar-refractivity contribution in [2.45, 2.75) is 12.8 Å². The monoisotopic (exact) mass is 324 g/mol. The number of aryl methyl sites for hydroxylation is 1. The second-order valence-corrected chi connectivity index (χ2v) is 5.43. The first kappa shape index (κ1) is 17.8. The lowest BCUT2D eigenvalue weighted by molar-refractivity contribution is -0.115. The zero-order valence-electron chi connectivity index (χ0n) is 13.8. The van der Waals surface area contributed by atoms with Crippen LogP contribution in [0, 0.1) is 0 Å². The van der Waals surface area contributed by atoms with Crippen LogP contribution in [0.25, 0.3) is 0 Å². The maximum atomic E-state index is 11.7. The number of anilines is 1. The minimum absolute atomic E-state index is 0.0756. The van der Waals surface area contributed by atoms with Gasteiger partial charge in [0.1, 0.15) is 5.75 Å². The van der Waals surface area contributed by atoms with Crippen molar-refractivity contribution < 1.29 is 9.53 Å². The number of hydrogen-bond acceptors (Lipinski definition) is 3. The van der Waals surface area contributed by atoms with Crippen LogP contribution >= 0.6 is 0 Å². The molecule has 0 atom stereocenters. The predicted octanol–water partition coefficient (Wildman–Crippen LogP) is 3.41. The van der Waals surface area contributed by atoms with Crippen molar-refractivity contribution in [3.63, 3.8) is 0 Å². The van der Waals surface area contributed by atoms with Gasteiger partial charge in [-0.3, -0.25) is 4.79 Å². The molecule has 24 heavy (non-hydrogen) atoms. The van der Waals surface area contributed by atoms with E-state index in [1.165, 1.54) is 5.56 Å². The van der Waals surface area contributed by atoms with E-state index in [-0.39, 0.29) is 12.5 Å². The van der Waals surface area contributed by atoms with E-state index in [1.54, 1.807) is 6.08 Å². The molecule has 0 heterocycles. The van der Waals surface area contributed by atoms with Gasteiger partial charge in [-0.1, -0.05) is 36.4 Å². The number of carbonyl (C=O) groups excluding carboxylic acids is 1. The standard InChI is InChI=1S/C20H24N2O2/c1-2-14-21-16-20(23)22-18-10-12-19(13-11-18)24-15-6-9-17-7-4-3-5-8-17/h2-5,7-8,10-13,21H,1,6,9,14-16H2,(H,22,23). The van der Waals surface area contributed by atoms with Crippen molar-refractivity contribution in [2.24, 2.45) is 0 Å². The molecule has 4 heteroatoms. The lowest BCUT2D eigenvalue weighted by Crippen LogP contribution is -2.28. The summed E-state index contributed by atoms with van der Waals surface area (Å²) in [6.45, 7) is 5.15. The molecule has 2 rings (SSSR count). The Hall–Kier alpha value is -2.59. The van der Waals surface area contributed by atoms with Gasteiger partial charge in [0.05, 0.1) is 13.2 Å². The average molecular weight is 324 g/mol. The van der Waals surface area contributed by atoms with E-state index in [0.717, 1.165) is 24.3 Å².